The van der Waals surface area contributed by atoms with E-state index in [-0.39, 0.29) is 10.3 Å². The lowest BCUT2D eigenvalue weighted by Crippen LogP contribution is -2.29. The van der Waals surface area contributed by atoms with E-state index in [1.807, 2.05) is 0 Å². The van der Waals surface area contributed by atoms with Crippen molar-refractivity contribution in [3.8, 4) is 0 Å². The number of esters is 1. The van der Waals surface area contributed by atoms with Crippen LogP contribution in [-0.2, 0) is 14.8 Å². The van der Waals surface area contributed by atoms with Crippen molar-refractivity contribution in [2.45, 2.75) is 56.3 Å². The first-order chi connectivity index (χ1) is 9.84. The number of rotatable bonds is 4. The number of sulfonamides is 1. The number of hydrogen-bond acceptors (Lipinski definition) is 5. The fourth-order valence-electron chi connectivity index (χ4n) is 2.88. The van der Waals surface area contributed by atoms with E-state index < -0.39 is 16.0 Å². The zero-order chi connectivity index (χ0) is 15.6. The zero-order valence-electron chi connectivity index (χ0n) is 12.3. The summed E-state index contributed by atoms with van der Waals surface area (Å²) < 4.78 is 28.5. The molecule has 0 bridgehead atoms. The second-order valence-electron chi connectivity index (χ2n) is 5.50. The van der Waals surface area contributed by atoms with E-state index in [9.17, 15) is 13.2 Å². The molecule has 0 amide bonds. The van der Waals surface area contributed by atoms with Gasteiger partial charge in [-0.15, -0.1) is 11.3 Å². The molecule has 1 aromatic rings. The van der Waals surface area contributed by atoms with E-state index in [0.29, 0.717) is 17.0 Å². The minimum absolute atomic E-state index is 0.0325. The summed E-state index contributed by atoms with van der Waals surface area (Å²) in [6.07, 6.45) is 5.14. The Morgan fingerprint density at radius 1 is 1.43 bits per heavy atom. The lowest BCUT2D eigenvalue weighted by Gasteiger charge is -2.30. The number of carbonyl (C=O) groups excluding carboxylic acids is 1. The van der Waals surface area contributed by atoms with Crippen molar-refractivity contribution in [1.29, 1.82) is 0 Å². The monoisotopic (exact) mass is 331 g/mol. The lowest BCUT2D eigenvalue weighted by atomic mass is 9.85. The van der Waals surface area contributed by atoms with Gasteiger partial charge in [-0.1, -0.05) is 13.3 Å². The third-order valence-electron chi connectivity index (χ3n) is 4.09. The molecule has 0 aliphatic heterocycles. The Morgan fingerprint density at radius 2 is 2.10 bits per heavy atom. The van der Waals surface area contributed by atoms with Gasteiger partial charge in [0.1, 0.15) is 10.3 Å². The molecule has 1 aliphatic rings. The largest absolute Gasteiger partial charge is 0.458 e. The first kappa shape index (κ1) is 16.5. The van der Waals surface area contributed by atoms with Crippen LogP contribution in [0.4, 0.5) is 0 Å². The molecule has 1 aliphatic carbocycles. The SMILES string of the molecule is CCC1CCCCC1OC(=O)c1csc(S(N)(=O)=O)c1C. The number of carbonyl (C=O) groups is 1. The molecule has 21 heavy (non-hydrogen) atoms. The lowest BCUT2D eigenvalue weighted by molar-refractivity contribution is 0.000679. The summed E-state index contributed by atoms with van der Waals surface area (Å²) in [7, 11) is -3.78. The van der Waals surface area contributed by atoms with Gasteiger partial charge in [-0.2, -0.15) is 0 Å². The maximum absolute atomic E-state index is 12.3. The summed E-state index contributed by atoms with van der Waals surface area (Å²) in [5.41, 5.74) is 0.695. The molecule has 1 fully saturated rings. The van der Waals surface area contributed by atoms with Crippen LogP contribution in [0.5, 0.6) is 0 Å². The molecular weight excluding hydrogens is 310 g/mol. The van der Waals surface area contributed by atoms with Crippen LogP contribution in [0, 0.1) is 12.8 Å². The highest BCUT2D eigenvalue weighted by Gasteiger charge is 2.29. The second-order valence-corrected chi connectivity index (χ2v) is 8.14. The summed E-state index contributed by atoms with van der Waals surface area (Å²) in [5, 5.41) is 6.64. The number of primary sulfonamides is 1. The van der Waals surface area contributed by atoms with E-state index >= 15 is 0 Å². The molecule has 0 spiro atoms. The Balaban J connectivity index is 2.16. The van der Waals surface area contributed by atoms with Gasteiger partial charge in [0.15, 0.2) is 0 Å². The minimum atomic E-state index is -3.78. The van der Waals surface area contributed by atoms with Crippen molar-refractivity contribution in [2.75, 3.05) is 0 Å². The van der Waals surface area contributed by atoms with Crippen LogP contribution in [0.1, 0.15) is 54.9 Å². The summed E-state index contributed by atoms with van der Waals surface area (Å²) >= 11 is 0.966. The van der Waals surface area contributed by atoms with E-state index in [2.05, 4.69) is 6.92 Å². The molecule has 1 saturated carbocycles. The molecular formula is C14H21NO4S2. The Morgan fingerprint density at radius 3 is 2.67 bits per heavy atom. The normalized spacial score (nSPS) is 23.0. The van der Waals surface area contributed by atoms with E-state index in [4.69, 9.17) is 9.88 Å². The average Bonchev–Trinajstić information content (AvgIpc) is 2.81. The van der Waals surface area contributed by atoms with Crippen LogP contribution in [-0.4, -0.2) is 20.5 Å². The highest BCUT2D eigenvalue weighted by Crippen LogP contribution is 2.31. The molecule has 2 unspecified atom stereocenters. The number of ether oxygens (including phenoxy) is 1. The maximum atomic E-state index is 12.3. The van der Waals surface area contributed by atoms with Crippen molar-refractivity contribution in [3.63, 3.8) is 0 Å². The van der Waals surface area contributed by atoms with Gasteiger partial charge in [-0.05, 0) is 44.1 Å². The van der Waals surface area contributed by atoms with Gasteiger partial charge < -0.3 is 4.74 Å². The minimum Gasteiger partial charge on any atom is -0.458 e. The Kier molecular flexibility index (Phi) is 5.06. The Bertz CT molecular complexity index is 621. The van der Waals surface area contributed by atoms with Crippen molar-refractivity contribution >= 4 is 27.3 Å². The molecule has 5 nitrogen and oxygen atoms in total. The van der Waals surface area contributed by atoms with Crippen LogP contribution in [0.3, 0.4) is 0 Å². The van der Waals surface area contributed by atoms with E-state index in [1.165, 1.54) is 11.8 Å². The fraction of sp³-hybridized carbons (Fsp3) is 0.643. The standard InChI is InChI=1S/C14H21NO4S2/c1-3-10-6-4-5-7-12(10)19-13(16)11-8-20-14(9(11)2)21(15,17)18/h8,10,12H,3-7H2,1-2H3,(H2,15,17,18). The predicted molar refractivity (Wildman–Crippen MR) is 81.9 cm³/mol. The summed E-state index contributed by atoms with van der Waals surface area (Å²) in [5.74, 6) is -0.0386. The van der Waals surface area contributed by atoms with Crippen molar-refractivity contribution in [1.82, 2.24) is 0 Å². The fourth-order valence-corrected chi connectivity index (χ4v) is 4.88. The molecule has 1 heterocycles. The van der Waals surface area contributed by atoms with E-state index in [1.54, 1.807) is 6.92 Å². The molecule has 0 radical (unpaired) electrons. The quantitative estimate of drug-likeness (QED) is 0.860. The Hall–Kier alpha value is -0.920. The third-order valence-corrected chi connectivity index (χ3v) is 6.78. The summed E-state index contributed by atoms with van der Waals surface area (Å²) in [6.45, 7) is 3.69. The predicted octanol–water partition coefficient (Wildman–Crippen LogP) is 2.83. The van der Waals surface area contributed by atoms with Crippen LogP contribution < -0.4 is 5.14 Å². The van der Waals surface area contributed by atoms with Crippen molar-refractivity contribution in [3.05, 3.63) is 16.5 Å². The smallest absolute Gasteiger partial charge is 0.339 e. The summed E-state index contributed by atoms with van der Waals surface area (Å²) in [6, 6.07) is 0. The van der Waals surface area contributed by atoms with Gasteiger partial charge >= 0.3 is 5.97 Å². The van der Waals surface area contributed by atoms with Gasteiger partial charge in [0.25, 0.3) is 0 Å². The highest BCUT2D eigenvalue weighted by molar-refractivity contribution is 7.91. The van der Waals surface area contributed by atoms with Gasteiger partial charge in [0.05, 0.1) is 5.56 Å². The number of nitrogens with two attached hydrogens (primary N) is 1. The molecule has 0 aromatic carbocycles. The van der Waals surface area contributed by atoms with E-state index in [0.717, 1.165) is 37.0 Å². The van der Waals surface area contributed by atoms with Crippen LogP contribution >= 0.6 is 11.3 Å². The average molecular weight is 331 g/mol. The zero-order valence-corrected chi connectivity index (χ0v) is 13.9. The number of thiophene rings is 1. The van der Waals surface area contributed by atoms with Gasteiger partial charge in [0.2, 0.25) is 10.0 Å². The van der Waals surface area contributed by atoms with Crippen molar-refractivity contribution in [2.24, 2.45) is 11.1 Å². The second kappa shape index (κ2) is 6.46. The molecule has 2 atom stereocenters. The molecule has 2 rings (SSSR count). The molecule has 118 valence electrons. The van der Waals surface area contributed by atoms with Gasteiger partial charge in [0, 0.05) is 5.38 Å². The van der Waals surface area contributed by atoms with Crippen LogP contribution in [0.15, 0.2) is 9.59 Å². The first-order valence-electron chi connectivity index (χ1n) is 7.16. The molecule has 1 aromatic heterocycles. The van der Waals surface area contributed by atoms with Gasteiger partial charge in [-0.25, -0.2) is 18.4 Å². The molecule has 0 saturated heterocycles. The van der Waals surface area contributed by atoms with Gasteiger partial charge in [-0.3, -0.25) is 0 Å². The van der Waals surface area contributed by atoms with Crippen LogP contribution in [0.25, 0.3) is 0 Å². The topological polar surface area (TPSA) is 86.5 Å². The van der Waals surface area contributed by atoms with Crippen molar-refractivity contribution < 1.29 is 17.9 Å². The highest BCUT2D eigenvalue weighted by atomic mass is 32.2. The number of hydrogen-bond donors (Lipinski definition) is 1. The molecule has 7 heteroatoms. The summed E-state index contributed by atoms with van der Waals surface area (Å²) in [4.78, 5) is 12.3. The Labute approximate surface area is 129 Å². The third kappa shape index (κ3) is 3.64. The maximum Gasteiger partial charge on any atom is 0.339 e. The first-order valence-corrected chi connectivity index (χ1v) is 9.59. The molecule has 2 N–H and O–H groups in total. The van der Waals surface area contributed by atoms with Crippen LogP contribution in [0.2, 0.25) is 0 Å².